The van der Waals surface area contributed by atoms with Crippen molar-refractivity contribution in [1.82, 2.24) is 19.9 Å². The maximum absolute atomic E-state index is 11.6. The summed E-state index contributed by atoms with van der Waals surface area (Å²) in [6, 6.07) is 0. The number of nitrogens with one attached hydrogen (secondary N) is 2. The van der Waals surface area contributed by atoms with Crippen LogP contribution < -0.4 is 10.7 Å². The number of likely N-dealkylation sites (N-methyl/N-ethyl adjacent to an activating group) is 1. The standard InChI is InChI=1S/C17H27N7O2/c1-22-9-11-23(12-10-22)21-17-15(24(25)26)16(19-13-20-17)18-8-7-14-5-3-2-4-6-14/h5,13H,2-4,6-12H2,1H3,(H2,18,19,20,21). The van der Waals surface area contributed by atoms with Gasteiger partial charge in [0.1, 0.15) is 6.33 Å². The Labute approximate surface area is 153 Å². The highest BCUT2D eigenvalue weighted by Gasteiger charge is 2.25. The molecule has 1 aromatic heterocycles. The molecule has 1 aliphatic carbocycles. The van der Waals surface area contributed by atoms with Gasteiger partial charge in [0.2, 0.25) is 11.6 Å². The van der Waals surface area contributed by atoms with Crippen LogP contribution in [0.1, 0.15) is 32.1 Å². The molecule has 0 radical (unpaired) electrons. The normalized spacial score (nSPS) is 19.0. The van der Waals surface area contributed by atoms with Gasteiger partial charge in [-0.15, -0.1) is 0 Å². The summed E-state index contributed by atoms with van der Waals surface area (Å²) in [5.74, 6) is 0.520. The van der Waals surface area contributed by atoms with Crippen molar-refractivity contribution in [2.45, 2.75) is 32.1 Å². The van der Waals surface area contributed by atoms with Gasteiger partial charge in [0, 0.05) is 32.7 Å². The minimum Gasteiger partial charge on any atom is -0.364 e. The Bertz CT molecular complexity index is 657. The average molecular weight is 361 g/mol. The van der Waals surface area contributed by atoms with E-state index in [1.807, 2.05) is 5.01 Å². The van der Waals surface area contributed by atoms with Gasteiger partial charge < -0.3 is 10.2 Å². The molecule has 142 valence electrons. The molecule has 1 aromatic rings. The number of allylic oxidation sites excluding steroid dienone is 1. The fourth-order valence-electron chi connectivity index (χ4n) is 3.30. The fourth-order valence-corrected chi connectivity index (χ4v) is 3.30. The van der Waals surface area contributed by atoms with E-state index in [0.717, 1.165) is 45.4 Å². The molecule has 0 bridgehead atoms. The molecule has 0 unspecified atom stereocenters. The van der Waals surface area contributed by atoms with Crippen LogP contribution in [0, 0.1) is 10.1 Å². The molecular formula is C17H27N7O2. The molecule has 9 nitrogen and oxygen atoms in total. The summed E-state index contributed by atoms with van der Waals surface area (Å²) in [4.78, 5) is 21.6. The van der Waals surface area contributed by atoms with Gasteiger partial charge >= 0.3 is 5.69 Å². The van der Waals surface area contributed by atoms with Gasteiger partial charge in [-0.3, -0.25) is 15.5 Å². The third-order valence-corrected chi connectivity index (χ3v) is 4.90. The van der Waals surface area contributed by atoms with E-state index < -0.39 is 4.92 Å². The van der Waals surface area contributed by atoms with Gasteiger partial charge in [-0.2, -0.15) is 0 Å². The number of anilines is 2. The summed E-state index contributed by atoms with van der Waals surface area (Å²) in [7, 11) is 2.06. The van der Waals surface area contributed by atoms with Crippen LogP contribution in [0.4, 0.5) is 17.3 Å². The SMILES string of the molecule is CN1CCN(Nc2ncnc(NCCC3=CCCCC3)c2[N+](=O)[O-])CC1. The highest BCUT2D eigenvalue weighted by molar-refractivity contribution is 5.68. The van der Waals surface area contributed by atoms with Gasteiger partial charge in [0.15, 0.2) is 0 Å². The molecule has 1 aliphatic heterocycles. The predicted octanol–water partition coefficient (Wildman–Crippen LogP) is 2.26. The third-order valence-electron chi connectivity index (χ3n) is 4.90. The molecular weight excluding hydrogens is 334 g/mol. The van der Waals surface area contributed by atoms with Gasteiger partial charge in [0.05, 0.1) is 4.92 Å². The maximum Gasteiger partial charge on any atom is 0.354 e. The zero-order valence-electron chi connectivity index (χ0n) is 15.3. The Balaban J connectivity index is 1.65. The van der Waals surface area contributed by atoms with Crippen LogP contribution in [0.2, 0.25) is 0 Å². The third kappa shape index (κ3) is 4.89. The highest BCUT2D eigenvalue weighted by Crippen LogP contribution is 2.29. The van der Waals surface area contributed by atoms with E-state index in [-0.39, 0.29) is 17.3 Å². The Morgan fingerprint density at radius 2 is 1.96 bits per heavy atom. The van der Waals surface area contributed by atoms with Crippen LogP contribution in [0.15, 0.2) is 18.0 Å². The minimum atomic E-state index is -0.416. The lowest BCUT2D eigenvalue weighted by molar-refractivity contribution is -0.383. The van der Waals surface area contributed by atoms with E-state index in [1.54, 1.807) is 0 Å². The molecule has 0 spiro atoms. The molecule has 2 N–H and O–H groups in total. The minimum absolute atomic E-state index is 0.0935. The maximum atomic E-state index is 11.6. The zero-order valence-corrected chi connectivity index (χ0v) is 15.3. The van der Waals surface area contributed by atoms with E-state index in [9.17, 15) is 10.1 Å². The van der Waals surface area contributed by atoms with Crippen molar-refractivity contribution in [2.24, 2.45) is 0 Å². The molecule has 26 heavy (non-hydrogen) atoms. The smallest absolute Gasteiger partial charge is 0.354 e. The van der Waals surface area contributed by atoms with Crippen molar-refractivity contribution >= 4 is 17.3 Å². The van der Waals surface area contributed by atoms with E-state index in [0.29, 0.717) is 6.54 Å². The first kappa shape index (κ1) is 18.5. The van der Waals surface area contributed by atoms with Gasteiger partial charge in [0.25, 0.3) is 0 Å². The van der Waals surface area contributed by atoms with Crippen molar-refractivity contribution in [3.63, 3.8) is 0 Å². The molecule has 1 fully saturated rings. The van der Waals surface area contributed by atoms with Crippen molar-refractivity contribution in [2.75, 3.05) is 50.5 Å². The number of nitro groups is 1. The van der Waals surface area contributed by atoms with Crippen LogP contribution in [0.3, 0.4) is 0 Å². The lowest BCUT2D eigenvalue weighted by Gasteiger charge is -2.32. The number of hydrazine groups is 1. The van der Waals surface area contributed by atoms with Crippen molar-refractivity contribution in [1.29, 1.82) is 0 Å². The Morgan fingerprint density at radius 1 is 1.19 bits per heavy atom. The molecule has 0 amide bonds. The molecule has 0 atom stereocenters. The van der Waals surface area contributed by atoms with Gasteiger partial charge in [-0.1, -0.05) is 11.6 Å². The summed E-state index contributed by atoms with van der Waals surface area (Å²) in [6.07, 6.45) is 9.32. The summed E-state index contributed by atoms with van der Waals surface area (Å²) >= 11 is 0. The summed E-state index contributed by atoms with van der Waals surface area (Å²) in [5.41, 5.74) is 4.43. The fraction of sp³-hybridized carbons (Fsp3) is 0.647. The van der Waals surface area contributed by atoms with Crippen molar-refractivity contribution in [3.8, 4) is 0 Å². The van der Waals surface area contributed by atoms with Crippen molar-refractivity contribution < 1.29 is 4.92 Å². The predicted molar refractivity (Wildman–Crippen MR) is 101 cm³/mol. The van der Waals surface area contributed by atoms with E-state index >= 15 is 0 Å². The number of piperazine rings is 1. The molecule has 9 heteroatoms. The van der Waals surface area contributed by atoms with Crippen LogP contribution in [-0.4, -0.2) is 64.6 Å². The molecule has 0 aromatic carbocycles. The van der Waals surface area contributed by atoms with E-state index in [1.165, 1.54) is 24.7 Å². The second-order valence-corrected chi connectivity index (χ2v) is 6.86. The van der Waals surface area contributed by atoms with Gasteiger partial charge in [-0.05, 0) is 39.2 Å². The monoisotopic (exact) mass is 361 g/mol. The van der Waals surface area contributed by atoms with Crippen LogP contribution in [-0.2, 0) is 0 Å². The van der Waals surface area contributed by atoms with Crippen LogP contribution in [0.25, 0.3) is 0 Å². The average Bonchev–Trinajstić information content (AvgIpc) is 2.64. The highest BCUT2D eigenvalue weighted by atomic mass is 16.6. The zero-order chi connectivity index (χ0) is 18.4. The topological polar surface area (TPSA) is 99.5 Å². The molecule has 3 rings (SSSR count). The summed E-state index contributed by atoms with van der Waals surface area (Å²) in [5, 5.41) is 16.7. The van der Waals surface area contributed by atoms with Crippen LogP contribution in [0.5, 0.6) is 0 Å². The lowest BCUT2D eigenvalue weighted by atomic mass is 9.97. The summed E-state index contributed by atoms with van der Waals surface area (Å²) < 4.78 is 0. The number of aromatic nitrogens is 2. The molecule has 2 aliphatic rings. The Morgan fingerprint density at radius 3 is 2.65 bits per heavy atom. The van der Waals surface area contributed by atoms with Gasteiger partial charge in [-0.25, -0.2) is 15.0 Å². The molecule has 1 saturated heterocycles. The molecule has 2 heterocycles. The first-order valence-electron chi connectivity index (χ1n) is 9.25. The lowest BCUT2D eigenvalue weighted by Crippen LogP contribution is -2.47. The van der Waals surface area contributed by atoms with E-state index in [4.69, 9.17) is 0 Å². The summed E-state index contributed by atoms with van der Waals surface area (Å²) in [6.45, 7) is 4.03. The first-order chi connectivity index (χ1) is 12.6. The number of hydrogen-bond acceptors (Lipinski definition) is 8. The second kappa shape index (κ2) is 8.91. The number of rotatable bonds is 7. The molecule has 0 saturated carbocycles. The van der Waals surface area contributed by atoms with E-state index in [2.05, 4.69) is 38.7 Å². The Hall–Kier alpha value is -2.26. The number of nitrogens with zero attached hydrogens (tertiary/aromatic N) is 5. The van der Waals surface area contributed by atoms with Crippen molar-refractivity contribution in [3.05, 3.63) is 28.1 Å². The number of hydrogen-bond donors (Lipinski definition) is 2. The first-order valence-corrected chi connectivity index (χ1v) is 9.25. The second-order valence-electron chi connectivity index (χ2n) is 6.86. The quantitative estimate of drug-likeness (QED) is 0.433. The van der Waals surface area contributed by atoms with Crippen LogP contribution >= 0.6 is 0 Å². The Kier molecular flexibility index (Phi) is 6.35. The largest absolute Gasteiger partial charge is 0.364 e.